The number of rotatable bonds is 16. The lowest BCUT2D eigenvalue weighted by atomic mass is 9.89. The molecule has 0 N–H and O–H groups in total. The predicted molar refractivity (Wildman–Crippen MR) is 197 cm³/mol. The van der Waals surface area contributed by atoms with Crippen molar-refractivity contribution in [2.24, 2.45) is 0 Å². The molecule has 48 heavy (non-hydrogen) atoms. The van der Waals surface area contributed by atoms with Gasteiger partial charge >= 0.3 is 0 Å². The van der Waals surface area contributed by atoms with Crippen LogP contribution in [0.4, 0.5) is 0 Å². The molecule has 0 spiro atoms. The summed E-state index contributed by atoms with van der Waals surface area (Å²) in [6.45, 7) is 11.2. The number of hydrogen-bond donors (Lipinski definition) is 0. The Bertz CT molecular complexity index is 1560. The van der Waals surface area contributed by atoms with Crippen LogP contribution in [-0.4, -0.2) is 26.4 Å². The molecule has 0 fully saturated rings. The minimum absolute atomic E-state index is 0.571. The van der Waals surface area contributed by atoms with Crippen molar-refractivity contribution in [2.75, 3.05) is 26.4 Å². The Hall–Kier alpha value is -3.60. The predicted octanol–water partition coefficient (Wildman–Crippen LogP) is 11.0. The summed E-state index contributed by atoms with van der Waals surface area (Å²) in [6.07, 6.45) is 10.5. The number of hydrogen-bond acceptors (Lipinski definition) is 4. The molecule has 4 nitrogen and oxygen atoms in total. The van der Waals surface area contributed by atoms with Crippen molar-refractivity contribution in [1.29, 1.82) is 0 Å². The molecule has 0 saturated heterocycles. The van der Waals surface area contributed by atoms with Gasteiger partial charge in [-0.3, -0.25) is 0 Å². The zero-order valence-corrected chi connectivity index (χ0v) is 29.8. The van der Waals surface area contributed by atoms with Gasteiger partial charge in [0.2, 0.25) is 5.79 Å². The number of ether oxygens (including phenoxy) is 4. The van der Waals surface area contributed by atoms with Gasteiger partial charge in [-0.2, -0.15) is 0 Å². The van der Waals surface area contributed by atoms with Crippen molar-refractivity contribution in [3.8, 4) is 11.5 Å². The Morgan fingerprint density at radius 2 is 0.938 bits per heavy atom. The Morgan fingerprint density at radius 1 is 0.479 bits per heavy atom. The van der Waals surface area contributed by atoms with E-state index in [0.29, 0.717) is 26.4 Å². The van der Waals surface area contributed by atoms with Gasteiger partial charge in [0, 0.05) is 5.56 Å². The molecule has 8 bridgehead atoms. The summed E-state index contributed by atoms with van der Waals surface area (Å²) in [5.41, 5.74) is 9.50. The standard InChI is InChI=1S/C44H56O4/c1-5-9-22-45-42-33-39-30-37-19-14-17-35(28-37)26-34-16-13-18-36(27-34)29-38-20-15-21-40(31-38)44(47-24-11-7-3,48-25-12-8-4)41(32-39)43(42)46-23-10-6-2/h13-21,27-28,31-33H,5-12,22-26,29-30H2,1-4H3. The molecule has 5 rings (SSSR count). The van der Waals surface area contributed by atoms with Gasteiger partial charge in [-0.15, -0.1) is 0 Å². The average molecular weight is 649 g/mol. The van der Waals surface area contributed by atoms with Crippen LogP contribution in [0.25, 0.3) is 0 Å². The Kier molecular flexibility index (Phi) is 13.6. The third kappa shape index (κ3) is 9.30. The summed E-state index contributed by atoms with van der Waals surface area (Å²) in [7, 11) is 0. The van der Waals surface area contributed by atoms with Gasteiger partial charge in [0.1, 0.15) is 0 Å². The lowest BCUT2D eigenvalue weighted by Gasteiger charge is -2.37. The van der Waals surface area contributed by atoms with Crippen molar-refractivity contribution in [3.63, 3.8) is 0 Å². The van der Waals surface area contributed by atoms with E-state index in [1.807, 2.05) is 0 Å². The van der Waals surface area contributed by atoms with E-state index < -0.39 is 5.79 Å². The molecule has 4 aromatic rings. The minimum Gasteiger partial charge on any atom is -0.490 e. The van der Waals surface area contributed by atoms with Crippen LogP contribution in [-0.2, 0) is 34.5 Å². The Labute approximate surface area is 289 Å². The first-order valence-electron chi connectivity index (χ1n) is 18.5. The second-order valence-corrected chi connectivity index (χ2v) is 13.3. The Balaban J connectivity index is 1.79. The molecule has 0 radical (unpaired) electrons. The van der Waals surface area contributed by atoms with E-state index in [-0.39, 0.29) is 0 Å². The van der Waals surface area contributed by atoms with Crippen molar-refractivity contribution in [1.82, 2.24) is 0 Å². The fourth-order valence-electron chi connectivity index (χ4n) is 6.44. The molecule has 256 valence electrons. The number of fused-ring (bicyclic) bond motifs is 8. The lowest BCUT2D eigenvalue weighted by Crippen LogP contribution is -2.36. The molecule has 0 heterocycles. The van der Waals surface area contributed by atoms with Gasteiger partial charge in [0.05, 0.1) is 32.0 Å². The Morgan fingerprint density at radius 3 is 1.48 bits per heavy atom. The fourth-order valence-corrected chi connectivity index (χ4v) is 6.44. The normalized spacial score (nSPS) is 13.7. The maximum atomic E-state index is 7.10. The van der Waals surface area contributed by atoms with Crippen molar-refractivity contribution >= 4 is 0 Å². The summed E-state index contributed by atoms with van der Waals surface area (Å²) >= 11 is 0. The molecule has 4 aromatic carbocycles. The number of unbranched alkanes of at least 4 members (excludes halogenated alkanes) is 4. The van der Waals surface area contributed by atoms with Gasteiger partial charge in [-0.05, 0) is 96.5 Å². The van der Waals surface area contributed by atoms with Gasteiger partial charge in [-0.1, -0.05) is 120 Å². The van der Waals surface area contributed by atoms with Crippen LogP contribution < -0.4 is 9.47 Å². The third-order valence-corrected chi connectivity index (χ3v) is 9.09. The minimum atomic E-state index is -1.17. The highest BCUT2D eigenvalue weighted by molar-refractivity contribution is 5.55. The monoisotopic (exact) mass is 648 g/mol. The van der Waals surface area contributed by atoms with Crippen molar-refractivity contribution in [3.05, 3.63) is 129 Å². The molecule has 0 aliphatic heterocycles. The zero-order chi connectivity index (χ0) is 33.6. The van der Waals surface area contributed by atoms with E-state index in [0.717, 1.165) is 98.8 Å². The molecule has 0 unspecified atom stereocenters. The van der Waals surface area contributed by atoms with E-state index >= 15 is 0 Å². The first kappa shape index (κ1) is 35.7. The van der Waals surface area contributed by atoms with E-state index in [4.69, 9.17) is 18.9 Å². The van der Waals surface area contributed by atoms with E-state index in [1.165, 1.54) is 27.8 Å². The molecule has 0 aromatic heterocycles. The van der Waals surface area contributed by atoms with Gasteiger partial charge in [-0.25, -0.2) is 0 Å². The maximum Gasteiger partial charge on any atom is 0.226 e. The molecular weight excluding hydrogens is 592 g/mol. The molecule has 0 saturated carbocycles. The van der Waals surface area contributed by atoms with Crippen LogP contribution in [0.5, 0.6) is 11.5 Å². The van der Waals surface area contributed by atoms with Crippen molar-refractivity contribution in [2.45, 2.75) is 104 Å². The highest BCUT2D eigenvalue weighted by Gasteiger charge is 2.41. The molecular formula is C44H56O4. The van der Waals surface area contributed by atoms with Crippen molar-refractivity contribution < 1.29 is 18.9 Å². The van der Waals surface area contributed by atoms with Gasteiger partial charge in [0.25, 0.3) is 0 Å². The van der Waals surface area contributed by atoms with Gasteiger partial charge in [0.15, 0.2) is 11.5 Å². The topological polar surface area (TPSA) is 36.9 Å². The first-order chi connectivity index (χ1) is 23.6. The third-order valence-electron chi connectivity index (χ3n) is 9.09. The highest BCUT2D eigenvalue weighted by atomic mass is 16.7. The summed E-state index contributed by atoms with van der Waals surface area (Å²) in [6, 6.07) is 31.4. The summed E-state index contributed by atoms with van der Waals surface area (Å²) in [5.74, 6) is 0.351. The largest absolute Gasteiger partial charge is 0.490 e. The van der Waals surface area contributed by atoms with Crippen LogP contribution in [0.15, 0.2) is 84.9 Å². The second-order valence-electron chi connectivity index (χ2n) is 13.3. The van der Waals surface area contributed by atoms with E-state index in [1.54, 1.807) is 0 Å². The molecule has 0 amide bonds. The van der Waals surface area contributed by atoms with Crippen LogP contribution in [0.3, 0.4) is 0 Å². The van der Waals surface area contributed by atoms with E-state index in [9.17, 15) is 0 Å². The highest BCUT2D eigenvalue weighted by Crippen LogP contribution is 2.46. The second kappa shape index (κ2) is 18.2. The molecule has 4 heteroatoms. The first-order valence-corrected chi connectivity index (χ1v) is 18.5. The van der Waals surface area contributed by atoms with Crippen LogP contribution >= 0.6 is 0 Å². The SMILES string of the molecule is CCCCOc1cc2cc(c1OCCCC)C(OCCCC)(OCCCC)c1cccc(c1)Cc1cccc(c1)Cc1cccc(c1)C2. The molecule has 0 atom stereocenters. The molecule has 1 aliphatic carbocycles. The summed E-state index contributed by atoms with van der Waals surface area (Å²) in [5, 5.41) is 0. The quantitative estimate of drug-likeness (QED) is 0.0895. The van der Waals surface area contributed by atoms with Gasteiger partial charge < -0.3 is 18.9 Å². The summed E-state index contributed by atoms with van der Waals surface area (Å²) in [4.78, 5) is 0. The van der Waals surface area contributed by atoms with Crippen LogP contribution in [0, 0.1) is 0 Å². The van der Waals surface area contributed by atoms with E-state index in [2.05, 4.69) is 113 Å². The maximum absolute atomic E-state index is 7.10. The van der Waals surface area contributed by atoms with Crippen LogP contribution in [0.1, 0.15) is 124 Å². The fraction of sp³-hybridized carbons (Fsp3) is 0.455. The smallest absolute Gasteiger partial charge is 0.226 e. The van der Waals surface area contributed by atoms with Crippen LogP contribution in [0.2, 0.25) is 0 Å². The number of benzene rings is 4. The summed E-state index contributed by atoms with van der Waals surface area (Å²) < 4.78 is 27.6. The average Bonchev–Trinajstić information content (AvgIpc) is 3.09. The zero-order valence-electron chi connectivity index (χ0n) is 29.8. The molecule has 1 aliphatic rings. The lowest BCUT2D eigenvalue weighted by molar-refractivity contribution is -0.220.